The maximum absolute atomic E-state index is 6.31. The molecule has 0 saturated heterocycles. The van der Waals surface area contributed by atoms with Crippen molar-refractivity contribution in [3.05, 3.63) is 133 Å². The molecule has 1 heteroatoms. The van der Waals surface area contributed by atoms with E-state index >= 15 is 0 Å². The van der Waals surface area contributed by atoms with Crippen LogP contribution >= 0.6 is 0 Å². The van der Waals surface area contributed by atoms with Gasteiger partial charge in [0.2, 0.25) is 0 Å². The molecule has 0 amide bonds. The number of furan rings is 1. The summed E-state index contributed by atoms with van der Waals surface area (Å²) in [6.45, 7) is 0. The summed E-state index contributed by atoms with van der Waals surface area (Å²) >= 11 is 0. The van der Waals surface area contributed by atoms with Crippen LogP contribution in [0.2, 0.25) is 0 Å². The number of benzene rings is 7. The quantitative estimate of drug-likeness (QED) is 0.234. The van der Waals surface area contributed by atoms with Crippen molar-refractivity contribution in [3.63, 3.8) is 0 Å². The Labute approximate surface area is 214 Å². The topological polar surface area (TPSA) is 13.1 Å². The van der Waals surface area contributed by atoms with E-state index in [0.717, 1.165) is 22.3 Å². The van der Waals surface area contributed by atoms with E-state index in [1.54, 1.807) is 0 Å². The molecule has 1 aromatic heterocycles. The van der Waals surface area contributed by atoms with Crippen molar-refractivity contribution >= 4 is 43.3 Å². The zero-order valence-corrected chi connectivity index (χ0v) is 20.1. The van der Waals surface area contributed by atoms with Crippen LogP contribution in [-0.2, 0) is 0 Å². The van der Waals surface area contributed by atoms with E-state index in [1.807, 2.05) is 18.2 Å². The highest BCUT2D eigenvalue weighted by Crippen LogP contribution is 2.44. The maximum Gasteiger partial charge on any atom is 0.135 e. The molecule has 7 aromatic carbocycles. The third kappa shape index (κ3) is 3.04. The zero-order chi connectivity index (χ0) is 24.3. The van der Waals surface area contributed by atoms with Crippen LogP contribution in [0.15, 0.2) is 138 Å². The second-order valence-corrected chi connectivity index (χ2v) is 9.71. The number of hydrogen-bond donors (Lipinski definition) is 0. The van der Waals surface area contributed by atoms with E-state index in [-0.39, 0.29) is 0 Å². The monoisotopic (exact) mass is 470 g/mol. The Morgan fingerprint density at radius 2 is 0.946 bits per heavy atom. The predicted molar refractivity (Wildman–Crippen MR) is 156 cm³/mol. The fourth-order valence-corrected chi connectivity index (χ4v) is 5.95. The first-order valence-corrected chi connectivity index (χ1v) is 12.7. The molecule has 0 atom stereocenters. The molecular formula is C36H22O. The van der Waals surface area contributed by atoms with E-state index in [0.29, 0.717) is 0 Å². The molecule has 0 fully saturated rings. The van der Waals surface area contributed by atoms with Crippen LogP contribution < -0.4 is 0 Å². The Morgan fingerprint density at radius 3 is 1.65 bits per heavy atom. The normalized spacial score (nSPS) is 11.8. The first-order valence-electron chi connectivity index (χ1n) is 12.7. The van der Waals surface area contributed by atoms with Gasteiger partial charge in [-0.1, -0.05) is 121 Å². The molecule has 37 heavy (non-hydrogen) atoms. The lowest BCUT2D eigenvalue weighted by Crippen LogP contribution is -1.89. The van der Waals surface area contributed by atoms with Crippen LogP contribution in [-0.4, -0.2) is 0 Å². The second-order valence-electron chi connectivity index (χ2n) is 9.71. The van der Waals surface area contributed by atoms with Gasteiger partial charge in [0.1, 0.15) is 11.3 Å². The minimum Gasteiger partial charge on any atom is -0.456 e. The summed E-state index contributed by atoms with van der Waals surface area (Å²) in [5.41, 5.74) is 6.96. The first-order chi connectivity index (χ1) is 18.3. The Hall–Kier alpha value is -4.88. The fraction of sp³-hybridized carbons (Fsp3) is 0. The van der Waals surface area contributed by atoms with Gasteiger partial charge in [-0.2, -0.15) is 0 Å². The van der Waals surface area contributed by atoms with Gasteiger partial charge >= 0.3 is 0 Å². The minimum absolute atomic E-state index is 0.897. The summed E-state index contributed by atoms with van der Waals surface area (Å²) in [4.78, 5) is 0. The van der Waals surface area contributed by atoms with Crippen molar-refractivity contribution in [2.45, 2.75) is 0 Å². The van der Waals surface area contributed by atoms with Crippen molar-refractivity contribution in [3.8, 4) is 33.6 Å². The van der Waals surface area contributed by atoms with Crippen molar-refractivity contribution in [1.82, 2.24) is 0 Å². The molecule has 0 aliphatic rings. The largest absolute Gasteiger partial charge is 0.456 e. The fourth-order valence-electron chi connectivity index (χ4n) is 5.95. The van der Waals surface area contributed by atoms with Crippen LogP contribution in [0.3, 0.4) is 0 Å². The molecule has 0 saturated carbocycles. The van der Waals surface area contributed by atoms with Gasteiger partial charge in [0.05, 0.1) is 0 Å². The smallest absolute Gasteiger partial charge is 0.135 e. The lowest BCUT2D eigenvalue weighted by molar-refractivity contribution is 0.631. The summed E-state index contributed by atoms with van der Waals surface area (Å²) in [5.74, 6) is 0.897. The van der Waals surface area contributed by atoms with Crippen molar-refractivity contribution in [1.29, 1.82) is 0 Å². The lowest BCUT2D eigenvalue weighted by atomic mass is 9.87. The van der Waals surface area contributed by atoms with E-state index in [1.165, 1.54) is 54.6 Å². The lowest BCUT2D eigenvalue weighted by Gasteiger charge is -2.16. The molecule has 0 aliphatic heterocycles. The van der Waals surface area contributed by atoms with Gasteiger partial charge in [0, 0.05) is 10.9 Å². The molecule has 1 nitrogen and oxygen atoms in total. The van der Waals surface area contributed by atoms with Gasteiger partial charge in [0.25, 0.3) is 0 Å². The van der Waals surface area contributed by atoms with Gasteiger partial charge in [-0.25, -0.2) is 0 Å². The SMILES string of the molecule is c1ccc(-c2cc3c(-c4ccc5ccc6c(-c7ccccc7)ccc7ccc4c5c76)cccc3o2)cc1. The number of hydrogen-bond acceptors (Lipinski definition) is 1. The summed E-state index contributed by atoms with van der Waals surface area (Å²) < 4.78 is 6.31. The van der Waals surface area contributed by atoms with Crippen LogP contribution in [0, 0.1) is 0 Å². The van der Waals surface area contributed by atoms with Crippen LogP contribution in [0.1, 0.15) is 0 Å². The molecular weight excluding hydrogens is 448 g/mol. The minimum atomic E-state index is 0.897. The summed E-state index contributed by atoms with van der Waals surface area (Å²) in [6, 6.07) is 47.8. The molecule has 0 radical (unpaired) electrons. The molecule has 0 aliphatic carbocycles. The average molecular weight is 471 g/mol. The highest BCUT2D eigenvalue weighted by molar-refractivity contribution is 6.28. The highest BCUT2D eigenvalue weighted by atomic mass is 16.3. The third-order valence-corrected chi connectivity index (χ3v) is 7.66. The van der Waals surface area contributed by atoms with Gasteiger partial charge in [-0.05, 0) is 66.7 Å². The standard InChI is InChI=1S/C36H22O/c1-3-8-23(9-4-1)27-18-14-25-17-21-31-29(19-15-26-16-20-30(27)35(25)36(26)31)28-12-7-13-33-32(28)22-34(37-33)24-10-5-2-6-11-24/h1-22H. The molecule has 0 spiro atoms. The van der Waals surface area contributed by atoms with Gasteiger partial charge in [-0.15, -0.1) is 0 Å². The van der Waals surface area contributed by atoms with Crippen molar-refractivity contribution in [2.75, 3.05) is 0 Å². The molecule has 1 heterocycles. The number of fused-ring (bicyclic) bond motifs is 1. The van der Waals surface area contributed by atoms with Crippen LogP contribution in [0.4, 0.5) is 0 Å². The predicted octanol–water partition coefficient (Wildman–Crippen LogP) is 10.3. The van der Waals surface area contributed by atoms with E-state index in [4.69, 9.17) is 4.42 Å². The van der Waals surface area contributed by atoms with Gasteiger partial charge in [-0.3, -0.25) is 0 Å². The Bertz CT molecular complexity index is 2060. The van der Waals surface area contributed by atoms with Crippen LogP contribution in [0.25, 0.3) is 76.9 Å². The molecule has 172 valence electrons. The van der Waals surface area contributed by atoms with Gasteiger partial charge < -0.3 is 4.42 Å². The molecule has 8 rings (SSSR count). The van der Waals surface area contributed by atoms with Crippen LogP contribution in [0.5, 0.6) is 0 Å². The maximum atomic E-state index is 6.31. The summed E-state index contributed by atoms with van der Waals surface area (Å²) in [5, 5.41) is 8.92. The van der Waals surface area contributed by atoms with E-state index in [2.05, 4.69) is 115 Å². The zero-order valence-electron chi connectivity index (χ0n) is 20.1. The molecule has 0 N–H and O–H groups in total. The second kappa shape index (κ2) is 7.81. The van der Waals surface area contributed by atoms with E-state index in [9.17, 15) is 0 Å². The van der Waals surface area contributed by atoms with Gasteiger partial charge in [0.15, 0.2) is 0 Å². The summed E-state index contributed by atoms with van der Waals surface area (Å²) in [6.07, 6.45) is 0. The highest BCUT2D eigenvalue weighted by Gasteiger charge is 2.17. The Balaban J connectivity index is 1.42. The first kappa shape index (κ1) is 20.3. The summed E-state index contributed by atoms with van der Waals surface area (Å²) in [7, 11) is 0. The number of rotatable bonds is 3. The molecule has 8 aromatic rings. The van der Waals surface area contributed by atoms with Crippen molar-refractivity contribution < 1.29 is 4.42 Å². The average Bonchev–Trinajstić information content (AvgIpc) is 3.42. The molecule has 0 unspecified atom stereocenters. The Kier molecular flexibility index (Phi) is 4.29. The Morgan fingerprint density at radius 1 is 0.378 bits per heavy atom. The van der Waals surface area contributed by atoms with E-state index < -0.39 is 0 Å². The van der Waals surface area contributed by atoms with Crippen molar-refractivity contribution in [2.24, 2.45) is 0 Å². The third-order valence-electron chi connectivity index (χ3n) is 7.66. The molecule has 0 bridgehead atoms.